The van der Waals surface area contributed by atoms with E-state index in [2.05, 4.69) is 5.32 Å². The van der Waals surface area contributed by atoms with Crippen LogP contribution in [0.4, 0.5) is 11.4 Å². The van der Waals surface area contributed by atoms with Crippen LogP contribution in [0.3, 0.4) is 0 Å². The van der Waals surface area contributed by atoms with E-state index in [1.807, 2.05) is 30.3 Å². The van der Waals surface area contributed by atoms with Crippen LogP contribution in [0.2, 0.25) is 0 Å². The molecule has 0 saturated heterocycles. The summed E-state index contributed by atoms with van der Waals surface area (Å²) in [6, 6.07) is 11.1. The van der Waals surface area contributed by atoms with Crippen molar-refractivity contribution in [3.8, 4) is 0 Å². The Hall–Kier alpha value is -1.55. The Balaban J connectivity index is 2.44. The fourth-order valence-corrected chi connectivity index (χ4v) is 2.03. The Bertz CT molecular complexity index is 594. The lowest BCUT2D eigenvalue weighted by Gasteiger charge is -2.13. The van der Waals surface area contributed by atoms with E-state index in [0.717, 1.165) is 10.8 Å². The number of nitrogen functional groups attached to an aromatic ring is 1. The SMILES string of the molecule is Nc1ccc2ccccc2c1NCP(=O)(O)O. The third-order valence-corrected chi connectivity index (χ3v) is 2.99. The predicted molar refractivity (Wildman–Crippen MR) is 68.9 cm³/mol. The van der Waals surface area contributed by atoms with Crippen molar-refractivity contribution >= 4 is 29.7 Å². The molecular weight excluding hydrogens is 239 g/mol. The zero-order chi connectivity index (χ0) is 12.5. The molecule has 2 aromatic carbocycles. The van der Waals surface area contributed by atoms with Crippen LogP contribution in [-0.2, 0) is 4.57 Å². The molecule has 0 radical (unpaired) electrons. The summed E-state index contributed by atoms with van der Waals surface area (Å²) in [6.45, 7) is 0. The molecule has 0 aliphatic carbocycles. The van der Waals surface area contributed by atoms with Crippen molar-refractivity contribution in [1.29, 1.82) is 0 Å². The first-order valence-corrected chi connectivity index (χ1v) is 6.83. The highest BCUT2D eigenvalue weighted by atomic mass is 31.2. The zero-order valence-corrected chi connectivity index (χ0v) is 9.89. The van der Waals surface area contributed by atoms with Gasteiger partial charge < -0.3 is 20.8 Å². The minimum atomic E-state index is -4.10. The fourth-order valence-electron chi connectivity index (χ4n) is 1.67. The quantitative estimate of drug-likeness (QED) is 0.494. The summed E-state index contributed by atoms with van der Waals surface area (Å²) in [5, 5.41) is 4.52. The largest absolute Gasteiger partial charge is 0.397 e. The molecule has 0 atom stereocenters. The van der Waals surface area contributed by atoms with Crippen molar-refractivity contribution in [3.05, 3.63) is 36.4 Å². The summed E-state index contributed by atoms with van der Waals surface area (Å²) < 4.78 is 10.8. The van der Waals surface area contributed by atoms with Gasteiger partial charge in [0, 0.05) is 5.39 Å². The maximum Gasteiger partial charge on any atom is 0.344 e. The van der Waals surface area contributed by atoms with E-state index in [1.165, 1.54) is 0 Å². The van der Waals surface area contributed by atoms with Gasteiger partial charge in [0.25, 0.3) is 0 Å². The van der Waals surface area contributed by atoms with Crippen LogP contribution < -0.4 is 11.1 Å². The molecule has 0 fully saturated rings. The second-order valence-electron chi connectivity index (χ2n) is 3.75. The van der Waals surface area contributed by atoms with Gasteiger partial charge in [-0.25, -0.2) is 0 Å². The third-order valence-electron chi connectivity index (χ3n) is 2.42. The maximum atomic E-state index is 10.8. The molecular formula is C11H13N2O3P. The van der Waals surface area contributed by atoms with E-state index in [4.69, 9.17) is 15.5 Å². The van der Waals surface area contributed by atoms with Crippen LogP contribution in [0.15, 0.2) is 36.4 Å². The van der Waals surface area contributed by atoms with Gasteiger partial charge in [-0.1, -0.05) is 30.3 Å². The van der Waals surface area contributed by atoms with Gasteiger partial charge in [-0.15, -0.1) is 0 Å². The average molecular weight is 252 g/mol. The van der Waals surface area contributed by atoms with Crippen molar-refractivity contribution in [2.24, 2.45) is 0 Å². The Kier molecular flexibility index (Phi) is 3.07. The smallest absolute Gasteiger partial charge is 0.344 e. The number of nitrogens with two attached hydrogens (primary N) is 1. The highest BCUT2D eigenvalue weighted by molar-refractivity contribution is 7.51. The van der Waals surface area contributed by atoms with E-state index in [1.54, 1.807) is 6.07 Å². The topological polar surface area (TPSA) is 95.6 Å². The minimum Gasteiger partial charge on any atom is -0.397 e. The maximum absolute atomic E-state index is 10.8. The highest BCUT2D eigenvalue weighted by Crippen LogP contribution is 2.36. The normalized spacial score (nSPS) is 11.6. The summed E-state index contributed by atoms with van der Waals surface area (Å²) in [5.41, 5.74) is 6.83. The lowest BCUT2D eigenvalue weighted by molar-refractivity contribution is 0.375. The van der Waals surface area contributed by atoms with Crippen molar-refractivity contribution in [3.63, 3.8) is 0 Å². The van der Waals surface area contributed by atoms with Gasteiger partial charge in [0.2, 0.25) is 0 Å². The van der Waals surface area contributed by atoms with E-state index < -0.39 is 13.9 Å². The number of hydrogen-bond acceptors (Lipinski definition) is 3. The first-order chi connectivity index (χ1) is 7.97. The van der Waals surface area contributed by atoms with Crippen LogP contribution in [-0.4, -0.2) is 16.1 Å². The number of benzene rings is 2. The molecule has 17 heavy (non-hydrogen) atoms. The molecule has 0 amide bonds. The van der Waals surface area contributed by atoms with Gasteiger partial charge in [0.15, 0.2) is 0 Å². The first kappa shape index (κ1) is 11.9. The van der Waals surface area contributed by atoms with Crippen molar-refractivity contribution in [1.82, 2.24) is 0 Å². The second kappa shape index (κ2) is 4.37. The summed E-state index contributed by atoms with van der Waals surface area (Å²) in [7, 11) is -4.10. The number of anilines is 2. The van der Waals surface area contributed by atoms with Gasteiger partial charge in [0.1, 0.15) is 6.29 Å². The second-order valence-corrected chi connectivity index (χ2v) is 5.40. The molecule has 0 aliphatic rings. The molecule has 0 aromatic heterocycles. The molecule has 0 aliphatic heterocycles. The van der Waals surface area contributed by atoms with Crippen LogP contribution in [0, 0.1) is 0 Å². The standard InChI is InChI=1S/C11H13N2O3P/c12-10-6-5-8-3-1-2-4-9(8)11(10)13-7-17(14,15)16/h1-6,13H,7,12H2,(H2,14,15,16). The Morgan fingerprint density at radius 1 is 1.18 bits per heavy atom. The lowest BCUT2D eigenvalue weighted by Crippen LogP contribution is -2.05. The number of hydrogen-bond donors (Lipinski definition) is 4. The Morgan fingerprint density at radius 2 is 1.88 bits per heavy atom. The van der Waals surface area contributed by atoms with Gasteiger partial charge in [-0.3, -0.25) is 4.57 Å². The average Bonchev–Trinajstić information content (AvgIpc) is 2.26. The number of rotatable bonds is 3. The molecule has 0 unspecified atom stereocenters. The van der Waals surface area contributed by atoms with Gasteiger partial charge in [-0.2, -0.15) is 0 Å². The van der Waals surface area contributed by atoms with Crippen molar-refractivity contribution in [2.75, 3.05) is 17.3 Å². The van der Waals surface area contributed by atoms with Crippen LogP contribution in [0.25, 0.3) is 10.8 Å². The summed E-state index contributed by atoms with van der Waals surface area (Å²) >= 11 is 0. The van der Waals surface area contributed by atoms with Crippen molar-refractivity contribution in [2.45, 2.75) is 0 Å². The van der Waals surface area contributed by atoms with Gasteiger partial charge in [-0.05, 0) is 11.5 Å². The monoisotopic (exact) mass is 252 g/mol. The van der Waals surface area contributed by atoms with Crippen molar-refractivity contribution < 1.29 is 14.4 Å². The molecule has 0 saturated carbocycles. The van der Waals surface area contributed by atoms with E-state index in [0.29, 0.717) is 11.4 Å². The molecule has 2 aromatic rings. The Labute approximate surface area is 98.4 Å². The number of nitrogens with one attached hydrogen (secondary N) is 1. The first-order valence-electron chi connectivity index (χ1n) is 5.03. The van der Waals surface area contributed by atoms with Crippen LogP contribution >= 0.6 is 7.60 Å². The summed E-state index contributed by atoms with van der Waals surface area (Å²) in [6.07, 6.45) is -0.425. The number of fused-ring (bicyclic) bond motifs is 1. The molecule has 0 heterocycles. The third kappa shape index (κ3) is 2.77. The summed E-state index contributed by atoms with van der Waals surface area (Å²) in [5.74, 6) is 0. The van der Waals surface area contributed by atoms with Gasteiger partial charge >= 0.3 is 7.60 Å². The molecule has 5 N–H and O–H groups in total. The molecule has 90 valence electrons. The minimum absolute atomic E-state index is 0.425. The molecule has 0 spiro atoms. The van der Waals surface area contributed by atoms with E-state index in [9.17, 15) is 4.57 Å². The van der Waals surface area contributed by atoms with Gasteiger partial charge in [0.05, 0.1) is 11.4 Å². The van der Waals surface area contributed by atoms with Crippen LogP contribution in [0.1, 0.15) is 0 Å². The Morgan fingerprint density at radius 3 is 2.59 bits per heavy atom. The van der Waals surface area contributed by atoms with E-state index in [-0.39, 0.29) is 0 Å². The molecule has 2 rings (SSSR count). The highest BCUT2D eigenvalue weighted by Gasteiger charge is 2.14. The van der Waals surface area contributed by atoms with E-state index >= 15 is 0 Å². The molecule has 5 nitrogen and oxygen atoms in total. The van der Waals surface area contributed by atoms with Crippen LogP contribution in [0.5, 0.6) is 0 Å². The summed E-state index contributed by atoms with van der Waals surface area (Å²) in [4.78, 5) is 17.7. The lowest BCUT2D eigenvalue weighted by atomic mass is 10.1. The molecule has 0 bridgehead atoms. The zero-order valence-electron chi connectivity index (χ0n) is 9.00. The predicted octanol–water partition coefficient (Wildman–Crippen LogP) is 1.97. The molecule has 6 heteroatoms. The fraction of sp³-hybridized carbons (Fsp3) is 0.0909.